The molecule has 0 saturated heterocycles. The molecule has 0 radical (unpaired) electrons. The second-order valence-corrected chi connectivity index (χ2v) is 14.7. The Bertz CT molecular complexity index is 1880. The predicted octanol–water partition coefficient (Wildman–Crippen LogP) is 5.95. The zero-order chi connectivity index (χ0) is 31.4. The van der Waals surface area contributed by atoms with Gasteiger partial charge < -0.3 is 10.1 Å². The summed E-state index contributed by atoms with van der Waals surface area (Å²) in [7, 11) is -2.30. The van der Waals surface area contributed by atoms with Crippen LogP contribution in [0, 0.1) is 5.82 Å². The van der Waals surface area contributed by atoms with Gasteiger partial charge in [0.2, 0.25) is 10.0 Å². The van der Waals surface area contributed by atoms with Gasteiger partial charge in [-0.15, -0.1) is 0 Å². The number of ether oxygens (including phenoxy) is 1. The number of fused-ring (bicyclic) bond motifs is 1. The Labute approximate surface area is 260 Å². The van der Waals surface area contributed by atoms with Crippen molar-refractivity contribution in [3.63, 3.8) is 0 Å². The molecule has 0 bridgehead atoms. The summed E-state index contributed by atoms with van der Waals surface area (Å²) >= 11 is 5.92. The Hall–Kier alpha value is -3.74. The van der Waals surface area contributed by atoms with Crippen molar-refractivity contribution in [1.29, 1.82) is 0 Å². The van der Waals surface area contributed by atoms with Crippen molar-refractivity contribution in [2.75, 3.05) is 12.4 Å². The Morgan fingerprint density at radius 1 is 1.11 bits per heavy atom. The second-order valence-electron chi connectivity index (χ2n) is 12.3. The van der Waals surface area contributed by atoms with Crippen molar-refractivity contribution >= 4 is 33.1 Å². The van der Waals surface area contributed by atoms with Crippen LogP contribution in [0.4, 0.5) is 15.9 Å². The molecule has 44 heavy (non-hydrogen) atoms. The van der Waals surface area contributed by atoms with Crippen LogP contribution in [0.3, 0.4) is 0 Å². The van der Waals surface area contributed by atoms with E-state index in [0.29, 0.717) is 23.0 Å². The summed E-state index contributed by atoms with van der Waals surface area (Å²) in [5, 5.41) is 12.6. The van der Waals surface area contributed by atoms with Crippen LogP contribution in [0.15, 0.2) is 64.4 Å². The molecule has 1 aliphatic heterocycles. The maximum atomic E-state index is 16.0. The molecule has 10 nitrogen and oxygen atoms in total. The lowest BCUT2D eigenvalue weighted by atomic mass is 10.0. The molecule has 1 fully saturated rings. The van der Waals surface area contributed by atoms with Crippen molar-refractivity contribution in [3.8, 4) is 5.75 Å². The minimum Gasteiger partial charge on any atom is -0.497 e. The van der Waals surface area contributed by atoms with Gasteiger partial charge in [0, 0.05) is 36.7 Å². The van der Waals surface area contributed by atoms with E-state index in [4.69, 9.17) is 21.4 Å². The van der Waals surface area contributed by atoms with Crippen molar-refractivity contribution < 1.29 is 17.5 Å². The van der Waals surface area contributed by atoms with Gasteiger partial charge in [0.15, 0.2) is 5.82 Å². The summed E-state index contributed by atoms with van der Waals surface area (Å²) in [5.41, 5.74) is 1.24. The fourth-order valence-electron chi connectivity index (χ4n) is 6.02. The molecule has 2 aliphatic rings. The minimum atomic E-state index is -3.86. The van der Waals surface area contributed by atoms with E-state index in [2.05, 4.69) is 10.4 Å². The lowest BCUT2D eigenvalue weighted by molar-refractivity contribution is 0.356. The third kappa shape index (κ3) is 5.62. The third-order valence-electron chi connectivity index (χ3n) is 8.26. The first-order chi connectivity index (χ1) is 20.8. The quantitative estimate of drug-likeness (QED) is 0.266. The molecule has 6 rings (SSSR count). The van der Waals surface area contributed by atoms with Crippen LogP contribution in [0.2, 0.25) is 5.02 Å². The summed E-state index contributed by atoms with van der Waals surface area (Å²) in [6.45, 7) is 6.06. The third-order valence-corrected chi connectivity index (χ3v) is 10.3. The van der Waals surface area contributed by atoms with Gasteiger partial charge in [-0.2, -0.15) is 14.5 Å². The highest BCUT2D eigenvalue weighted by atomic mass is 35.5. The van der Waals surface area contributed by atoms with Gasteiger partial charge in [-0.1, -0.05) is 23.7 Å². The average Bonchev–Trinajstić information content (AvgIpc) is 3.68. The maximum absolute atomic E-state index is 16.0. The number of anilines is 2. The number of hydrogen-bond donors (Lipinski definition) is 1. The molecule has 1 saturated carbocycles. The molecule has 2 aromatic heterocycles. The van der Waals surface area contributed by atoms with Gasteiger partial charge >= 0.3 is 0 Å². The molecule has 0 unspecified atom stereocenters. The normalized spacial score (nSPS) is 19.7. The molecule has 0 amide bonds. The molecule has 4 aromatic rings. The Balaban J connectivity index is 1.25. The fourth-order valence-corrected chi connectivity index (χ4v) is 7.76. The first-order valence-electron chi connectivity index (χ1n) is 14.4. The average molecular weight is 641 g/mol. The molecule has 1 aliphatic carbocycles. The van der Waals surface area contributed by atoms with E-state index in [-0.39, 0.29) is 46.8 Å². The number of aromatic nitrogens is 4. The minimum absolute atomic E-state index is 0.0258. The number of sulfonamides is 1. The van der Waals surface area contributed by atoms with E-state index < -0.39 is 21.4 Å². The first kappa shape index (κ1) is 30.3. The van der Waals surface area contributed by atoms with Gasteiger partial charge in [0.25, 0.3) is 5.56 Å². The summed E-state index contributed by atoms with van der Waals surface area (Å²) in [4.78, 5) is 12.4. The number of halogens is 2. The molecular weight excluding hydrogens is 607 g/mol. The van der Waals surface area contributed by atoms with Crippen molar-refractivity contribution in [2.45, 2.75) is 75.5 Å². The first-order valence-corrected chi connectivity index (χ1v) is 16.2. The number of methoxy groups -OCH3 is 1. The van der Waals surface area contributed by atoms with Gasteiger partial charge in [-0.05, 0) is 69.9 Å². The van der Waals surface area contributed by atoms with E-state index in [1.54, 1.807) is 31.4 Å². The monoisotopic (exact) mass is 640 g/mol. The molecule has 0 spiro atoms. The summed E-state index contributed by atoms with van der Waals surface area (Å²) in [6.07, 6.45) is 3.74. The highest BCUT2D eigenvalue weighted by molar-refractivity contribution is 7.89. The number of nitrogens with zero attached hydrogens (tertiary/aromatic N) is 5. The Morgan fingerprint density at radius 3 is 2.55 bits per heavy atom. The summed E-state index contributed by atoms with van der Waals surface area (Å²) in [5.74, 6) is 0.728. The predicted molar refractivity (Wildman–Crippen MR) is 165 cm³/mol. The van der Waals surface area contributed by atoms with Crippen molar-refractivity contribution in [3.05, 3.63) is 92.7 Å². The Morgan fingerprint density at radius 2 is 1.86 bits per heavy atom. The number of nitrogens with one attached hydrogen (secondary N) is 1. The smallest absolute Gasteiger partial charge is 0.268 e. The maximum Gasteiger partial charge on any atom is 0.268 e. The van der Waals surface area contributed by atoms with Crippen LogP contribution in [0.5, 0.6) is 5.75 Å². The van der Waals surface area contributed by atoms with Gasteiger partial charge in [-0.25, -0.2) is 22.2 Å². The number of benzene rings is 2. The van der Waals surface area contributed by atoms with Crippen LogP contribution in [0.1, 0.15) is 68.8 Å². The van der Waals surface area contributed by atoms with Gasteiger partial charge in [-0.3, -0.25) is 4.79 Å². The lowest BCUT2D eigenvalue weighted by Crippen LogP contribution is -2.25. The summed E-state index contributed by atoms with van der Waals surface area (Å²) in [6, 6.07) is 13.3. The number of hydrogen-bond acceptors (Lipinski definition) is 7. The molecular formula is C31H34ClFN6O4S. The van der Waals surface area contributed by atoms with Crippen LogP contribution >= 0.6 is 11.6 Å². The van der Waals surface area contributed by atoms with E-state index in [0.717, 1.165) is 24.1 Å². The second kappa shape index (κ2) is 11.3. The highest BCUT2D eigenvalue weighted by Gasteiger charge is 2.38. The van der Waals surface area contributed by atoms with E-state index in [1.165, 1.54) is 33.4 Å². The van der Waals surface area contributed by atoms with E-state index in [1.807, 2.05) is 31.5 Å². The molecule has 3 heterocycles. The summed E-state index contributed by atoms with van der Waals surface area (Å²) < 4.78 is 52.4. The molecule has 2 aromatic carbocycles. The number of rotatable bonds is 7. The van der Waals surface area contributed by atoms with Crippen LogP contribution < -0.4 is 15.6 Å². The SMILES string of the molecule is COc1ccc(CN2Cc3c(ccc(Nc4cc([C@@H]5CC[C@H](n6ncc(Cl)cc6=O)C5)nn4C(C)(C)C)c3F)S2(=O)=O)cc1. The topological polar surface area (TPSA) is 111 Å². The van der Waals surface area contributed by atoms with Crippen LogP contribution in [-0.2, 0) is 28.7 Å². The molecule has 2 atom stereocenters. The largest absolute Gasteiger partial charge is 0.497 e. The molecule has 232 valence electrons. The Kier molecular flexibility index (Phi) is 7.79. The standard InChI is InChI=1S/C31H34ClFN6O4S/c1-31(2,3)39-28(15-26(36-39)20-7-8-22(13-20)38-29(40)14-21(32)16-34-38)35-25-11-12-27-24(30(25)33)18-37(44(27,41)42)17-19-5-9-23(43-4)10-6-19/h5-6,9-12,14-16,20,22,35H,7-8,13,17-18H2,1-4H3/t20-,22+/m1/s1. The fraction of sp³-hybridized carbons (Fsp3) is 0.387. The van der Waals surface area contributed by atoms with Gasteiger partial charge in [0.05, 0.1) is 46.2 Å². The zero-order valence-electron chi connectivity index (χ0n) is 24.9. The zero-order valence-corrected chi connectivity index (χ0v) is 26.5. The highest BCUT2D eigenvalue weighted by Crippen LogP contribution is 2.42. The van der Waals surface area contributed by atoms with Crippen LogP contribution in [0.25, 0.3) is 0 Å². The lowest BCUT2D eigenvalue weighted by Gasteiger charge is -2.23. The van der Waals surface area contributed by atoms with Crippen molar-refractivity contribution in [1.82, 2.24) is 23.9 Å². The van der Waals surface area contributed by atoms with Crippen molar-refractivity contribution in [2.24, 2.45) is 0 Å². The van der Waals surface area contributed by atoms with Crippen LogP contribution in [-0.4, -0.2) is 39.4 Å². The molecule has 1 N–H and O–H groups in total. The van der Waals surface area contributed by atoms with Gasteiger partial charge in [0.1, 0.15) is 11.6 Å². The van der Waals surface area contributed by atoms with E-state index in [9.17, 15) is 13.2 Å². The van der Waals surface area contributed by atoms with E-state index >= 15 is 4.39 Å². The molecule has 13 heteroatoms.